The maximum absolute atomic E-state index is 13.6. The monoisotopic (exact) mass is 496 g/mol. The van der Waals surface area contributed by atoms with Crippen molar-refractivity contribution in [3.05, 3.63) is 83.4 Å². The Kier molecular flexibility index (Phi) is 8.76. The molecule has 186 valence electrons. The van der Waals surface area contributed by atoms with Crippen LogP contribution in [0, 0.1) is 0 Å². The molecular weight excluding hydrogens is 464 g/mol. The number of amides is 1. The molecule has 0 radical (unpaired) electrons. The van der Waals surface area contributed by atoms with E-state index in [4.69, 9.17) is 9.47 Å². The third kappa shape index (κ3) is 6.14. The summed E-state index contributed by atoms with van der Waals surface area (Å²) in [5.74, 6) is 0.318. The highest BCUT2D eigenvalue weighted by atomic mass is 32.2. The molecule has 0 fully saturated rings. The number of nitrogens with zero attached hydrogens (tertiary/aromatic N) is 1. The fourth-order valence-electron chi connectivity index (χ4n) is 3.80. The van der Waals surface area contributed by atoms with Crippen molar-refractivity contribution in [2.24, 2.45) is 0 Å². The lowest BCUT2D eigenvalue weighted by Crippen LogP contribution is -2.41. The second-order valence-corrected chi connectivity index (χ2v) is 9.81. The summed E-state index contributed by atoms with van der Waals surface area (Å²) in [5, 5.41) is 2.90. The zero-order valence-electron chi connectivity index (χ0n) is 20.6. The van der Waals surface area contributed by atoms with Gasteiger partial charge in [-0.1, -0.05) is 50.2 Å². The van der Waals surface area contributed by atoms with Crippen molar-refractivity contribution in [3.8, 4) is 11.5 Å². The number of anilines is 1. The van der Waals surface area contributed by atoms with E-state index in [-0.39, 0.29) is 10.6 Å². The lowest BCUT2D eigenvalue weighted by molar-refractivity contribution is -0.119. The average Bonchev–Trinajstić information content (AvgIpc) is 2.90. The number of carbonyl (C=O) groups excluding carboxylic acids is 1. The molecular formula is C27H32N2O5S. The zero-order valence-corrected chi connectivity index (χ0v) is 21.4. The third-order valence-corrected chi connectivity index (χ3v) is 7.58. The van der Waals surface area contributed by atoms with Crippen molar-refractivity contribution >= 4 is 21.6 Å². The van der Waals surface area contributed by atoms with E-state index < -0.39 is 22.5 Å². The number of rotatable bonds is 11. The van der Waals surface area contributed by atoms with Gasteiger partial charge in [0.25, 0.3) is 10.0 Å². The minimum atomic E-state index is -4.08. The Hall–Kier alpha value is -3.52. The largest absolute Gasteiger partial charge is 0.497 e. The van der Waals surface area contributed by atoms with Crippen molar-refractivity contribution in [1.29, 1.82) is 0 Å². The molecule has 0 aliphatic rings. The van der Waals surface area contributed by atoms with Crippen LogP contribution < -0.4 is 19.1 Å². The topological polar surface area (TPSA) is 84.9 Å². The molecule has 1 amide bonds. The average molecular weight is 497 g/mol. The van der Waals surface area contributed by atoms with Gasteiger partial charge in [0.2, 0.25) is 5.91 Å². The minimum Gasteiger partial charge on any atom is -0.497 e. The van der Waals surface area contributed by atoms with Gasteiger partial charge in [-0.25, -0.2) is 8.42 Å². The molecule has 3 aromatic rings. The predicted octanol–water partition coefficient (Wildman–Crippen LogP) is 4.34. The van der Waals surface area contributed by atoms with Crippen LogP contribution in [-0.4, -0.2) is 35.1 Å². The molecule has 3 aromatic carbocycles. The Bertz CT molecular complexity index is 1260. The lowest BCUT2D eigenvalue weighted by atomic mass is 10.0. The summed E-state index contributed by atoms with van der Waals surface area (Å²) in [4.78, 5) is 13.2. The second-order valence-electron chi connectivity index (χ2n) is 7.95. The van der Waals surface area contributed by atoms with Crippen LogP contribution in [0.3, 0.4) is 0 Å². The van der Waals surface area contributed by atoms with Crippen LogP contribution in [0.15, 0.2) is 71.6 Å². The van der Waals surface area contributed by atoms with Crippen LogP contribution >= 0.6 is 0 Å². The molecule has 0 aliphatic carbocycles. The van der Waals surface area contributed by atoms with Gasteiger partial charge in [0.1, 0.15) is 18.0 Å². The number of aryl methyl sites for hydroxylation is 2. The maximum atomic E-state index is 13.6. The van der Waals surface area contributed by atoms with E-state index in [1.807, 2.05) is 0 Å². The fraction of sp³-hybridized carbons (Fsp3) is 0.296. The Morgan fingerprint density at radius 1 is 0.886 bits per heavy atom. The Morgan fingerprint density at radius 2 is 1.63 bits per heavy atom. The molecule has 0 atom stereocenters. The first-order valence-corrected chi connectivity index (χ1v) is 12.9. The summed E-state index contributed by atoms with van der Waals surface area (Å²) in [7, 11) is -1.14. The summed E-state index contributed by atoms with van der Waals surface area (Å²) in [6.07, 6.45) is 1.73. The Balaban J connectivity index is 1.95. The molecule has 1 N–H and O–H groups in total. The van der Waals surface area contributed by atoms with Crippen molar-refractivity contribution in [1.82, 2.24) is 5.32 Å². The van der Waals surface area contributed by atoms with Crippen LogP contribution in [0.2, 0.25) is 0 Å². The van der Waals surface area contributed by atoms with Crippen molar-refractivity contribution in [3.63, 3.8) is 0 Å². The first-order chi connectivity index (χ1) is 16.8. The van der Waals surface area contributed by atoms with Crippen LogP contribution in [0.5, 0.6) is 11.5 Å². The van der Waals surface area contributed by atoms with Gasteiger partial charge in [0.05, 0.1) is 24.8 Å². The van der Waals surface area contributed by atoms with E-state index in [1.54, 1.807) is 36.4 Å². The molecule has 0 aromatic heterocycles. The molecule has 7 nitrogen and oxygen atoms in total. The Morgan fingerprint density at radius 3 is 2.26 bits per heavy atom. The number of hydrogen-bond acceptors (Lipinski definition) is 5. The molecule has 0 unspecified atom stereocenters. The number of benzene rings is 3. The van der Waals surface area contributed by atoms with E-state index in [1.165, 1.54) is 31.9 Å². The van der Waals surface area contributed by atoms with Crippen molar-refractivity contribution < 1.29 is 22.7 Å². The van der Waals surface area contributed by atoms with Gasteiger partial charge >= 0.3 is 0 Å². The lowest BCUT2D eigenvalue weighted by Gasteiger charge is -2.26. The highest BCUT2D eigenvalue weighted by Gasteiger charge is 2.30. The van der Waals surface area contributed by atoms with Gasteiger partial charge in [-0.3, -0.25) is 9.10 Å². The number of ether oxygens (including phenoxy) is 2. The molecule has 0 aliphatic heterocycles. The summed E-state index contributed by atoms with van der Waals surface area (Å²) >= 11 is 0. The summed E-state index contributed by atoms with van der Waals surface area (Å²) in [5.41, 5.74) is 3.57. The second kappa shape index (κ2) is 11.8. The van der Waals surface area contributed by atoms with E-state index in [0.717, 1.165) is 28.3 Å². The van der Waals surface area contributed by atoms with E-state index >= 15 is 0 Å². The van der Waals surface area contributed by atoms with Gasteiger partial charge in [-0.2, -0.15) is 0 Å². The number of nitrogens with one attached hydrogen (secondary N) is 1. The van der Waals surface area contributed by atoms with E-state index in [0.29, 0.717) is 18.0 Å². The van der Waals surface area contributed by atoms with Crippen LogP contribution in [0.1, 0.15) is 30.5 Å². The Labute approximate surface area is 207 Å². The number of hydrogen-bond donors (Lipinski definition) is 1. The SMILES string of the molecule is CCc1ccc(CC)c(CNC(=O)CN(c2cc(OC)ccc2OC)S(=O)(=O)c2ccccc2)c1. The smallest absolute Gasteiger partial charge is 0.264 e. The molecule has 0 bridgehead atoms. The van der Waals surface area contributed by atoms with Gasteiger partial charge in [-0.05, 0) is 53.8 Å². The normalized spacial score (nSPS) is 11.1. The van der Waals surface area contributed by atoms with E-state index in [2.05, 4.69) is 37.4 Å². The molecule has 35 heavy (non-hydrogen) atoms. The van der Waals surface area contributed by atoms with Crippen LogP contribution in [0.4, 0.5) is 5.69 Å². The van der Waals surface area contributed by atoms with Gasteiger partial charge < -0.3 is 14.8 Å². The minimum absolute atomic E-state index is 0.0709. The highest BCUT2D eigenvalue weighted by Crippen LogP contribution is 2.35. The molecule has 0 saturated heterocycles. The summed E-state index contributed by atoms with van der Waals surface area (Å²) < 4.78 is 39.1. The molecule has 0 heterocycles. The fourth-order valence-corrected chi connectivity index (χ4v) is 5.24. The number of methoxy groups -OCH3 is 2. The quantitative estimate of drug-likeness (QED) is 0.427. The first kappa shape index (κ1) is 26.1. The predicted molar refractivity (Wildman–Crippen MR) is 138 cm³/mol. The highest BCUT2D eigenvalue weighted by molar-refractivity contribution is 7.92. The maximum Gasteiger partial charge on any atom is 0.264 e. The van der Waals surface area contributed by atoms with Crippen LogP contribution in [0.25, 0.3) is 0 Å². The molecule has 3 rings (SSSR count). The molecule has 0 saturated carbocycles. The van der Waals surface area contributed by atoms with Crippen molar-refractivity contribution in [2.45, 2.75) is 38.1 Å². The zero-order chi connectivity index (χ0) is 25.4. The van der Waals surface area contributed by atoms with Crippen LogP contribution in [-0.2, 0) is 34.2 Å². The third-order valence-electron chi connectivity index (χ3n) is 5.81. The van der Waals surface area contributed by atoms with Gasteiger partial charge in [0.15, 0.2) is 0 Å². The summed E-state index contributed by atoms with van der Waals surface area (Å²) in [6, 6.07) is 19.1. The molecule has 0 spiro atoms. The summed E-state index contributed by atoms with van der Waals surface area (Å²) in [6.45, 7) is 4.03. The number of sulfonamides is 1. The first-order valence-electron chi connectivity index (χ1n) is 11.5. The molecule has 8 heteroatoms. The number of carbonyl (C=O) groups is 1. The standard InChI is InChI=1S/C27H32N2O5S/c1-5-20-12-13-21(6-2)22(16-20)18-28-27(30)19-29(35(31,32)24-10-8-7-9-11-24)25-17-23(33-3)14-15-26(25)34-4/h7-17H,5-6,18-19H2,1-4H3,(H,28,30). The van der Waals surface area contributed by atoms with Crippen molar-refractivity contribution in [2.75, 3.05) is 25.1 Å². The van der Waals surface area contributed by atoms with E-state index in [9.17, 15) is 13.2 Å². The van der Waals surface area contributed by atoms with Gasteiger partial charge in [0, 0.05) is 12.6 Å². The van der Waals surface area contributed by atoms with Gasteiger partial charge in [-0.15, -0.1) is 0 Å².